The minimum absolute atomic E-state index is 0.0230. The summed E-state index contributed by atoms with van der Waals surface area (Å²) in [6.45, 7) is 1.57. The van der Waals surface area contributed by atoms with Gasteiger partial charge < -0.3 is 10.4 Å². The summed E-state index contributed by atoms with van der Waals surface area (Å²) < 4.78 is 39.5. The summed E-state index contributed by atoms with van der Waals surface area (Å²) >= 11 is 0. The van der Waals surface area contributed by atoms with E-state index in [1.807, 2.05) is 5.32 Å². The molecule has 1 amide bonds. The molecular weight excluding hydrogens is 297 g/mol. The standard InChI is InChI=1S/C15H13F3N2O2/c1-9-5-6-10(21)8-11(9)14(22)20-13(15(16,17)18)12-4-2-3-7-19-12/h2-8,13,21H,1H3,(H,20,22). The number of halogens is 3. The van der Waals surface area contributed by atoms with E-state index in [0.717, 1.165) is 6.07 Å². The van der Waals surface area contributed by atoms with Crippen LogP contribution in [0, 0.1) is 6.92 Å². The van der Waals surface area contributed by atoms with Crippen LogP contribution in [0.4, 0.5) is 13.2 Å². The third-order valence-electron chi connectivity index (χ3n) is 3.05. The molecule has 0 radical (unpaired) electrons. The first-order valence-corrected chi connectivity index (χ1v) is 6.37. The van der Waals surface area contributed by atoms with Gasteiger partial charge in [0.2, 0.25) is 0 Å². The maximum Gasteiger partial charge on any atom is 0.414 e. The van der Waals surface area contributed by atoms with Crippen molar-refractivity contribution in [3.8, 4) is 5.75 Å². The molecule has 2 rings (SSSR count). The molecule has 7 heteroatoms. The highest BCUT2D eigenvalue weighted by Gasteiger charge is 2.43. The van der Waals surface area contributed by atoms with E-state index in [4.69, 9.17) is 0 Å². The number of amides is 1. The van der Waals surface area contributed by atoms with Crippen LogP contribution in [0.25, 0.3) is 0 Å². The number of aromatic nitrogens is 1. The van der Waals surface area contributed by atoms with E-state index < -0.39 is 18.1 Å². The van der Waals surface area contributed by atoms with Crippen LogP contribution < -0.4 is 5.32 Å². The quantitative estimate of drug-likeness (QED) is 0.915. The van der Waals surface area contributed by atoms with Gasteiger partial charge in [-0.3, -0.25) is 9.78 Å². The lowest BCUT2D eigenvalue weighted by Gasteiger charge is -2.21. The van der Waals surface area contributed by atoms with Crippen molar-refractivity contribution in [2.24, 2.45) is 0 Å². The van der Waals surface area contributed by atoms with Gasteiger partial charge in [-0.15, -0.1) is 0 Å². The van der Waals surface area contributed by atoms with Gasteiger partial charge in [-0.05, 0) is 36.8 Å². The van der Waals surface area contributed by atoms with E-state index in [0.29, 0.717) is 5.56 Å². The second-order valence-electron chi connectivity index (χ2n) is 4.70. The highest BCUT2D eigenvalue weighted by Crippen LogP contribution is 2.32. The summed E-state index contributed by atoms with van der Waals surface area (Å²) in [6, 6.07) is 5.79. The lowest BCUT2D eigenvalue weighted by molar-refractivity contribution is -0.156. The Balaban J connectivity index is 2.32. The minimum Gasteiger partial charge on any atom is -0.508 e. The number of nitrogens with zero attached hydrogens (tertiary/aromatic N) is 1. The average Bonchev–Trinajstić information content (AvgIpc) is 2.46. The summed E-state index contributed by atoms with van der Waals surface area (Å²) in [5.74, 6) is -1.13. The zero-order valence-electron chi connectivity index (χ0n) is 11.6. The molecule has 1 heterocycles. The number of pyridine rings is 1. The van der Waals surface area contributed by atoms with E-state index in [2.05, 4.69) is 4.98 Å². The molecular formula is C15H13F3N2O2. The van der Waals surface area contributed by atoms with Gasteiger partial charge >= 0.3 is 6.18 Å². The average molecular weight is 310 g/mol. The maximum atomic E-state index is 13.2. The molecule has 1 aromatic carbocycles. The van der Waals surface area contributed by atoms with E-state index in [1.165, 1.54) is 36.5 Å². The van der Waals surface area contributed by atoms with Crippen molar-refractivity contribution in [2.45, 2.75) is 19.1 Å². The number of hydrogen-bond acceptors (Lipinski definition) is 3. The summed E-state index contributed by atoms with van der Waals surface area (Å²) in [7, 11) is 0. The predicted octanol–water partition coefficient (Wildman–Crippen LogP) is 3.13. The molecule has 2 aromatic rings. The SMILES string of the molecule is Cc1ccc(O)cc1C(=O)NC(c1ccccn1)C(F)(F)F. The zero-order chi connectivity index (χ0) is 16.3. The minimum atomic E-state index is -4.69. The number of aromatic hydroxyl groups is 1. The lowest BCUT2D eigenvalue weighted by Crippen LogP contribution is -2.38. The lowest BCUT2D eigenvalue weighted by atomic mass is 10.1. The van der Waals surface area contributed by atoms with Crippen molar-refractivity contribution >= 4 is 5.91 Å². The van der Waals surface area contributed by atoms with Gasteiger partial charge in [-0.2, -0.15) is 13.2 Å². The number of hydrogen-bond donors (Lipinski definition) is 2. The highest BCUT2D eigenvalue weighted by molar-refractivity contribution is 5.96. The first kappa shape index (κ1) is 15.8. The van der Waals surface area contributed by atoms with E-state index in [9.17, 15) is 23.1 Å². The van der Waals surface area contributed by atoms with Crippen LogP contribution in [0.15, 0.2) is 42.6 Å². The van der Waals surface area contributed by atoms with Crippen LogP contribution in [0.5, 0.6) is 5.75 Å². The summed E-state index contributed by atoms with van der Waals surface area (Å²) in [4.78, 5) is 15.7. The number of phenols is 1. The van der Waals surface area contributed by atoms with Gasteiger partial charge in [0.05, 0.1) is 5.69 Å². The molecule has 0 saturated carbocycles. The van der Waals surface area contributed by atoms with Crippen molar-refractivity contribution in [1.29, 1.82) is 0 Å². The Morgan fingerprint density at radius 3 is 2.59 bits per heavy atom. The van der Waals surface area contributed by atoms with Crippen molar-refractivity contribution in [3.05, 3.63) is 59.4 Å². The number of rotatable bonds is 3. The molecule has 1 unspecified atom stereocenters. The molecule has 0 aliphatic carbocycles. The first-order valence-electron chi connectivity index (χ1n) is 6.37. The molecule has 0 aliphatic heterocycles. The zero-order valence-corrected chi connectivity index (χ0v) is 11.6. The molecule has 0 fully saturated rings. The van der Waals surface area contributed by atoms with Gasteiger partial charge in [-0.25, -0.2) is 0 Å². The van der Waals surface area contributed by atoms with Crippen LogP contribution in [-0.4, -0.2) is 22.2 Å². The molecule has 0 bridgehead atoms. The first-order chi connectivity index (χ1) is 10.3. The molecule has 22 heavy (non-hydrogen) atoms. The molecule has 2 N–H and O–H groups in total. The van der Waals surface area contributed by atoms with Crippen molar-refractivity contribution in [3.63, 3.8) is 0 Å². The second-order valence-corrected chi connectivity index (χ2v) is 4.70. The number of benzene rings is 1. The molecule has 1 aromatic heterocycles. The van der Waals surface area contributed by atoms with Gasteiger partial charge in [-0.1, -0.05) is 12.1 Å². The summed E-state index contributed by atoms with van der Waals surface area (Å²) in [6.07, 6.45) is -3.46. The van der Waals surface area contributed by atoms with Gasteiger partial charge in [0.25, 0.3) is 5.91 Å². The fourth-order valence-electron chi connectivity index (χ4n) is 1.93. The molecule has 1 atom stereocenters. The fourth-order valence-corrected chi connectivity index (χ4v) is 1.93. The highest BCUT2D eigenvalue weighted by atomic mass is 19.4. The van der Waals surface area contributed by atoms with Crippen molar-refractivity contribution in [1.82, 2.24) is 10.3 Å². The topological polar surface area (TPSA) is 62.2 Å². The number of alkyl halides is 3. The van der Waals surface area contributed by atoms with Crippen LogP contribution >= 0.6 is 0 Å². The number of nitrogens with one attached hydrogen (secondary N) is 1. The van der Waals surface area contributed by atoms with E-state index in [1.54, 1.807) is 6.92 Å². The number of aryl methyl sites for hydroxylation is 1. The fraction of sp³-hybridized carbons (Fsp3) is 0.200. The molecule has 0 aliphatic rings. The van der Waals surface area contributed by atoms with Crippen LogP contribution in [0.3, 0.4) is 0 Å². The predicted molar refractivity (Wildman–Crippen MR) is 73.3 cm³/mol. The van der Waals surface area contributed by atoms with Crippen molar-refractivity contribution in [2.75, 3.05) is 0 Å². The third kappa shape index (κ3) is 3.55. The van der Waals surface area contributed by atoms with Crippen LogP contribution in [0.2, 0.25) is 0 Å². The van der Waals surface area contributed by atoms with Crippen molar-refractivity contribution < 1.29 is 23.1 Å². The largest absolute Gasteiger partial charge is 0.508 e. The Kier molecular flexibility index (Phi) is 4.35. The Morgan fingerprint density at radius 1 is 1.27 bits per heavy atom. The Labute approximate surface area is 124 Å². The van der Waals surface area contributed by atoms with E-state index >= 15 is 0 Å². The Bertz CT molecular complexity index is 672. The number of carbonyl (C=O) groups excluding carboxylic acids is 1. The number of phenolic OH excluding ortho intramolecular Hbond substituents is 1. The third-order valence-corrected chi connectivity index (χ3v) is 3.05. The molecule has 0 spiro atoms. The normalized spacial score (nSPS) is 12.7. The molecule has 4 nitrogen and oxygen atoms in total. The monoisotopic (exact) mass is 310 g/mol. The number of carbonyl (C=O) groups is 1. The summed E-state index contributed by atoms with van der Waals surface area (Å²) in [5, 5.41) is 11.3. The summed E-state index contributed by atoms with van der Waals surface area (Å²) in [5.41, 5.74) is 0.128. The van der Waals surface area contributed by atoms with Crippen LogP contribution in [-0.2, 0) is 0 Å². The smallest absolute Gasteiger partial charge is 0.414 e. The second kappa shape index (κ2) is 6.05. The Morgan fingerprint density at radius 2 is 2.00 bits per heavy atom. The molecule has 0 saturated heterocycles. The maximum absolute atomic E-state index is 13.2. The van der Waals surface area contributed by atoms with Crippen LogP contribution in [0.1, 0.15) is 27.7 Å². The van der Waals surface area contributed by atoms with Gasteiger partial charge in [0.15, 0.2) is 6.04 Å². The molecule has 116 valence electrons. The van der Waals surface area contributed by atoms with E-state index in [-0.39, 0.29) is 17.0 Å². The van der Waals surface area contributed by atoms with Gasteiger partial charge in [0, 0.05) is 11.8 Å². The van der Waals surface area contributed by atoms with Gasteiger partial charge in [0.1, 0.15) is 5.75 Å². The Hall–Kier alpha value is -2.57.